The highest BCUT2D eigenvalue weighted by molar-refractivity contribution is 7.15. The number of carbonyl (C=O) groups is 1. The summed E-state index contributed by atoms with van der Waals surface area (Å²) in [6.07, 6.45) is 2.58. The molecule has 1 fully saturated rings. The highest BCUT2D eigenvalue weighted by Crippen LogP contribution is 2.29. The summed E-state index contributed by atoms with van der Waals surface area (Å²) in [4.78, 5) is 12.0. The van der Waals surface area contributed by atoms with Crippen molar-refractivity contribution >= 4 is 34.8 Å². The zero-order valence-corrected chi connectivity index (χ0v) is 13.1. The number of nitrogens with one attached hydrogen (secondary N) is 1. The lowest BCUT2D eigenvalue weighted by Crippen LogP contribution is -2.23. The van der Waals surface area contributed by atoms with E-state index in [1.165, 1.54) is 11.3 Å². The second kappa shape index (κ2) is 6.15. The molecule has 0 aromatic carbocycles. The first kappa shape index (κ1) is 16.3. The molecule has 1 aromatic heterocycles. The predicted octanol–water partition coefficient (Wildman–Crippen LogP) is 2.32. The molecule has 19 heavy (non-hydrogen) atoms. The van der Waals surface area contributed by atoms with Gasteiger partial charge in [0.15, 0.2) is 0 Å². The Hall–Kier alpha value is -0.720. The van der Waals surface area contributed by atoms with Crippen LogP contribution in [0.4, 0.5) is 5.13 Å². The first-order valence-electron chi connectivity index (χ1n) is 6.26. The van der Waals surface area contributed by atoms with Crippen LogP contribution < -0.4 is 11.1 Å². The van der Waals surface area contributed by atoms with E-state index >= 15 is 0 Å². The van der Waals surface area contributed by atoms with Gasteiger partial charge in [0.05, 0.1) is 0 Å². The van der Waals surface area contributed by atoms with E-state index in [1.54, 1.807) is 0 Å². The molecule has 1 aliphatic rings. The van der Waals surface area contributed by atoms with Crippen LogP contribution in [0.15, 0.2) is 0 Å². The minimum Gasteiger partial charge on any atom is -0.328 e. The number of anilines is 1. The summed E-state index contributed by atoms with van der Waals surface area (Å²) >= 11 is 1.44. The van der Waals surface area contributed by atoms with Crippen LogP contribution in [0.25, 0.3) is 0 Å². The number of halogens is 1. The van der Waals surface area contributed by atoms with Crippen LogP contribution in [0.3, 0.4) is 0 Å². The van der Waals surface area contributed by atoms with Crippen LogP contribution in [-0.2, 0) is 10.2 Å². The highest BCUT2D eigenvalue weighted by atomic mass is 35.5. The van der Waals surface area contributed by atoms with Gasteiger partial charge in [0.1, 0.15) is 5.01 Å². The number of hydrogen-bond donors (Lipinski definition) is 2. The Kier molecular flexibility index (Phi) is 5.29. The summed E-state index contributed by atoms with van der Waals surface area (Å²) in [6, 6.07) is 0.167. The first-order valence-corrected chi connectivity index (χ1v) is 7.08. The topological polar surface area (TPSA) is 80.9 Å². The molecule has 1 aliphatic carbocycles. The van der Waals surface area contributed by atoms with Gasteiger partial charge in [-0.25, -0.2) is 0 Å². The first-order chi connectivity index (χ1) is 8.36. The van der Waals surface area contributed by atoms with E-state index in [1.807, 2.05) is 0 Å². The molecule has 0 radical (unpaired) electrons. The van der Waals surface area contributed by atoms with Gasteiger partial charge in [-0.05, 0) is 19.3 Å². The summed E-state index contributed by atoms with van der Waals surface area (Å²) in [7, 11) is 0. The standard InChI is InChI=1S/C12H20N4OS.ClH/c1-12(2,3)10-15-16-11(18-10)14-9(17)7-4-5-8(13)6-7;/h7-8H,4-6,13H2,1-3H3,(H,14,16,17);1H. The van der Waals surface area contributed by atoms with Crippen molar-refractivity contribution < 1.29 is 4.79 Å². The zero-order valence-electron chi connectivity index (χ0n) is 11.5. The molecule has 3 N–H and O–H groups in total. The number of carbonyl (C=O) groups excluding carboxylic acids is 1. The van der Waals surface area contributed by atoms with Crippen LogP contribution in [-0.4, -0.2) is 22.1 Å². The Balaban J connectivity index is 0.00000180. The molecule has 2 rings (SSSR count). The Morgan fingerprint density at radius 2 is 2.05 bits per heavy atom. The lowest BCUT2D eigenvalue weighted by atomic mass is 9.98. The minimum atomic E-state index is -0.0314. The fourth-order valence-corrected chi connectivity index (χ4v) is 2.84. The molecular weight excluding hydrogens is 284 g/mol. The predicted molar refractivity (Wildman–Crippen MR) is 79.8 cm³/mol. The fourth-order valence-electron chi connectivity index (χ4n) is 2.04. The molecule has 7 heteroatoms. The summed E-state index contributed by atoms with van der Waals surface area (Å²) < 4.78 is 0. The molecule has 1 saturated carbocycles. The van der Waals surface area contributed by atoms with Gasteiger partial charge in [-0.2, -0.15) is 0 Å². The van der Waals surface area contributed by atoms with E-state index in [0.29, 0.717) is 5.13 Å². The molecule has 108 valence electrons. The number of rotatable bonds is 2. The molecule has 2 atom stereocenters. The lowest BCUT2D eigenvalue weighted by molar-refractivity contribution is -0.119. The van der Waals surface area contributed by atoms with E-state index in [-0.39, 0.29) is 35.7 Å². The van der Waals surface area contributed by atoms with Gasteiger partial charge >= 0.3 is 0 Å². The maximum atomic E-state index is 12.0. The fraction of sp³-hybridized carbons (Fsp3) is 0.750. The van der Waals surface area contributed by atoms with Crippen molar-refractivity contribution in [1.82, 2.24) is 10.2 Å². The van der Waals surface area contributed by atoms with Crippen molar-refractivity contribution in [3.05, 3.63) is 5.01 Å². The molecular formula is C12H21ClN4OS. The van der Waals surface area contributed by atoms with E-state index in [2.05, 4.69) is 36.3 Å². The molecule has 5 nitrogen and oxygen atoms in total. The molecule has 1 aromatic rings. The summed E-state index contributed by atoms with van der Waals surface area (Å²) in [5, 5.41) is 12.5. The third-order valence-corrected chi connectivity index (χ3v) is 4.41. The maximum absolute atomic E-state index is 12.0. The SMILES string of the molecule is CC(C)(C)c1nnc(NC(=O)C2CCC(N)C2)s1.Cl. The normalized spacial score (nSPS) is 22.9. The van der Waals surface area contributed by atoms with Gasteiger partial charge in [-0.15, -0.1) is 22.6 Å². The number of nitrogens with two attached hydrogens (primary N) is 1. The van der Waals surface area contributed by atoms with Gasteiger partial charge in [-0.1, -0.05) is 32.1 Å². The third kappa shape index (κ3) is 4.12. The van der Waals surface area contributed by atoms with Gasteiger partial charge in [-0.3, -0.25) is 4.79 Å². The molecule has 1 heterocycles. The van der Waals surface area contributed by atoms with Crippen LogP contribution >= 0.6 is 23.7 Å². The largest absolute Gasteiger partial charge is 0.328 e. The van der Waals surface area contributed by atoms with Gasteiger partial charge < -0.3 is 11.1 Å². The van der Waals surface area contributed by atoms with Crippen LogP contribution in [0.1, 0.15) is 45.0 Å². The number of aromatic nitrogens is 2. The van der Waals surface area contributed by atoms with E-state index in [0.717, 1.165) is 24.3 Å². The Morgan fingerprint density at radius 3 is 2.53 bits per heavy atom. The number of amides is 1. The molecule has 0 bridgehead atoms. The summed E-state index contributed by atoms with van der Waals surface area (Å²) in [5.74, 6) is 0.0570. The monoisotopic (exact) mass is 304 g/mol. The average Bonchev–Trinajstić information content (AvgIpc) is 2.85. The van der Waals surface area contributed by atoms with Crippen LogP contribution in [0.2, 0.25) is 0 Å². The Bertz CT molecular complexity index is 443. The molecule has 1 amide bonds. The van der Waals surface area contributed by atoms with E-state index < -0.39 is 0 Å². The van der Waals surface area contributed by atoms with Gasteiger partial charge in [0, 0.05) is 17.4 Å². The summed E-state index contributed by atoms with van der Waals surface area (Å²) in [6.45, 7) is 6.24. The van der Waals surface area contributed by atoms with Crippen LogP contribution in [0, 0.1) is 5.92 Å². The van der Waals surface area contributed by atoms with Crippen molar-refractivity contribution in [3.63, 3.8) is 0 Å². The summed E-state index contributed by atoms with van der Waals surface area (Å²) in [5.41, 5.74) is 5.78. The third-order valence-electron chi connectivity index (χ3n) is 3.14. The van der Waals surface area contributed by atoms with Crippen molar-refractivity contribution in [3.8, 4) is 0 Å². The Morgan fingerprint density at radius 1 is 1.37 bits per heavy atom. The number of nitrogens with zero attached hydrogens (tertiary/aromatic N) is 2. The molecule has 0 saturated heterocycles. The van der Waals surface area contributed by atoms with Crippen molar-refractivity contribution in [2.45, 2.75) is 51.5 Å². The lowest BCUT2D eigenvalue weighted by Gasteiger charge is -2.12. The van der Waals surface area contributed by atoms with Crippen molar-refractivity contribution in [1.29, 1.82) is 0 Å². The zero-order chi connectivity index (χ0) is 13.3. The van der Waals surface area contributed by atoms with Crippen molar-refractivity contribution in [2.24, 2.45) is 11.7 Å². The second-order valence-electron chi connectivity index (χ2n) is 5.92. The quantitative estimate of drug-likeness (QED) is 0.878. The van der Waals surface area contributed by atoms with E-state index in [9.17, 15) is 4.79 Å². The number of hydrogen-bond acceptors (Lipinski definition) is 5. The van der Waals surface area contributed by atoms with Crippen molar-refractivity contribution in [2.75, 3.05) is 5.32 Å². The molecule has 2 unspecified atom stereocenters. The molecule has 0 aliphatic heterocycles. The average molecular weight is 305 g/mol. The smallest absolute Gasteiger partial charge is 0.229 e. The van der Waals surface area contributed by atoms with Gasteiger partial charge in [0.25, 0.3) is 0 Å². The maximum Gasteiger partial charge on any atom is 0.229 e. The Labute approximate surface area is 123 Å². The minimum absolute atomic E-state index is 0. The van der Waals surface area contributed by atoms with E-state index in [4.69, 9.17) is 5.73 Å². The highest BCUT2D eigenvalue weighted by Gasteiger charge is 2.28. The van der Waals surface area contributed by atoms with Crippen LogP contribution in [0.5, 0.6) is 0 Å². The second-order valence-corrected chi connectivity index (χ2v) is 6.90. The van der Waals surface area contributed by atoms with Gasteiger partial charge in [0.2, 0.25) is 11.0 Å². The molecule has 0 spiro atoms.